The van der Waals surface area contributed by atoms with Crippen LogP contribution in [0.4, 0.5) is 4.39 Å². The second kappa shape index (κ2) is 5.98. The largest absolute Gasteiger partial charge is 0.313 e. The minimum absolute atomic E-state index is 0.130. The van der Waals surface area contributed by atoms with Gasteiger partial charge in [-0.1, -0.05) is 35.9 Å². The van der Waals surface area contributed by atoms with Crippen molar-refractivity contribution in [3.8, 4) is 0 Å². The molecule has 0 saturated carbocycles. The molecular formula is C15H15ClFN. The van der Waals surface area contributed by atoms with Crippen LogP contribution in [0.15, 0.2) is 48.5 Å². The first-order valence-corrected chi connectivity index (χ1v) is 6.24. The van der Waals surface area contributed by atoms with Gasteiger partial charge in [0.1, 0.15) is 5.82 Å². The maximum atomic E-state index is 13.1. The lowest BCUT2D eigenvalue weighted by Crippen LogP contribution is -2.18. The molecule has 0 saturated heterocycles. The van der Waals surface area contributed by atoms with Crippen molar-refractivity contribution in [2.45, 2.75) is 12.5 Å². The molecule has 0 aliphatic carbocycles. The normalized spacial score (nSPS) is 12.4. The van der Waals surface area contributed by atoms with Crippen LogP contribution in [0.25, 0.3) is 0 Å². The fraction of sp³-hybridized carbons (Fsp3) is 0.200. The van der Waals surface area contributed by atoms with Gasteiger partial charge >= 0.3 is 0 Å². The minimum Gasteiger partial charge on any atom is -0.313 e. The van der Waals surface area contributed by atoms with Gasteiger partial charge in [-0.25, -0.2) is 4.39 Å². The highest BCUT2D eigenvalue weighted by atomic mass is 35.5. The molecule has 2 aromatic carbocycles. The predicted octanol–water partition coefficient (Wildman–Crippen LogP) is 3.98. The van der Waals surface area contributed by atoms with E-state index < -0.39 is 0 Å². The van der Waals surface area contributed by atoms with Crippen molar-refractivity contribution in [2.75, 3.05) is 7.05 Å². The molecule has 1 atom stereocenters. The van der Waals surface area contributed by atoms with Crippen molar-refractivity contribution in [3.05, 3.63) is 70.5 Å². The summed E-state index contributed by atoms with van der Waals surface area (Å²) in [5.74, 6) is -0.201. The SMILES string of the molecule is CNC(Cc1cccc(F)c1)c1cccc(Cl)c1. The fourth-order valence-electron chi connectivity index (χ4n) is 2.01. The van der Waals surface area contributed by atoms with E-state index in [-0.39, 0.29) is 11.9 Å². The number of halogens is 2. The molecule has 0 amide bonds. The molecule has 18 heavy (non-hydrogen) atoms. The standard InChI is InChI=1S/C15H15ClFN/c1-18-15(12-5-3-6-13(16)10-12)9-11-4-2-7-14(17)8-11/h2-8,10,15,18H,9H2,1H3. The van der Waals surface area contributed by atoms with Crippen LogP contribution < -0.4 is 5.32 Å². The summed E-state index contributed by atoms with van der Waals surface area (Å²) >= 11 is 5.99. The molecule has 1 unspecified atom stereocenters. The van der Waals surface area contributed by atoms with Gasteiger partial charge in [-0.05, 0) is 48.9 Å². The smallest absolute Gasteiger partial charge is 0.123 e. The van der Waals surface area contributed by atoms with E-state index in [1.807, 2.05) is 37.4 Å². The van der Waals surface area contributed by atoms with E-state index in [9.17, 15) is 4.39 Å². The lowest BCUT2D eigenvalue weighted by Gasteiger charge is -2.17. The Bertz CT molecular complexity index is 527. The van der Waals surface area contributed by atoms with Crippen molar-refractivity contribution in [2.24, 2.45) is 0 Å². The number of likely N-dealkylation sites (N-methyl/N-ethyl adjacent to an activating group) is 1. The Kier molecular flexibility index (Phi) is 4.34. The Morgan fingerprint density at radius 2 is 1.94 bits per heavy atom. The first-order chi connectivity index (χ1) is 8.69. The van der Waals surface area contributed by atoms with Crippen LogP contribution in [0.1, 0.15) is 17.2 Å². The molecule has 94 valence electrons. The maximum absolute atomic E-state index is 13.1. The molecule has 2 rings (SSSR count). The molecule has 0 fully saturated rings. The highest BCUT2D eigenvalue weighted by molar-refractivity contribution is 6.30. The van der Waals surface area contributed by atoms with Gasteiger partial charge in [0, 0.05) is 11.1 Å². The summed E-state index contributed by atoms with van der Waals surface area (Å²) in [4.78, 5) is 0. The van der Waals surface area contributed by atoms with Crippen molar-refractivity contribution in [3.63, 3.8) is 0 Å². The third-order valence-corrected chi connectivity index (χ3v) is 3.16. The molecule has 1 N–H and O–H groups in total. The van der Waals surface area contributed by atoms with Crippen molar-refractivity contribution < 1.29 is 4.39 Å². The predicted molar refractivity (Wildman–Crippen MR) is 73.4 cm³/mol. The molecule has 0 aromatic heterocycles. The van der Waals surface area contributed by atoms with Gasteiger partial charge in [0.05, 0.1) is 0 Å². The third kappa shape index (κ3) is 3.31. The van der Waals surface area contributed by atoms with Crippen LogP contribution in [-0.2, 0) is 6.42 Å². The van der Waals surface area contributed by atoms with Crippen LogP contribution in [0, 0.1) is 5.82 Å². The van der Waals surface area contributed by atoms with E-state index in [1.165, 1.54) is 6.07 Å². The monoisotopic (exact) mass is 263 g/mol. The highest BCUT2D eigenvalue weighted by Gasteiger charge is 2.10. The zero-order chi connectivity index (χ0) is 13.0. The number of benzene rings is 2. The lowest BCUT2D eigenvalue weighted by atomic mass is 9.99. The Balaban J connectivity index is 2.19. The number of rotatable bonds is 4. The molecule has 1 nitrogen and oxygen atoms in total. The van der Waals surface area contributed by atoms with Crippen molar-refractivity contribution in [1.82, 2.24) is 5.32 Å². The van der Waals surface area contributed by atoms with Crippen LogP contribution in [0.5, 0.6) is 0 Å². The minimum atomic E-state index is -0.201. The molecule has 0 aliphatic heterocycles. The number of nitrogens with one attached hydrogen (secondary N) is 1. The summed E-state index contributed by atoms with van der Waals surface area (Å²) in [7, 11) is 1.89. The molecule has 3 heteroatoms. The van der Waals surface area contributed by atoms with Crippen LogP contribution in [0.3, 0.4) is 0 Å². The Morgan fingerprint density at radius 3 is 2.61 bits per heavy atom. The molecule has 0 radical (unpaired) electrons. The van der Waals surface area contributed by atoms with E-state index in [2.05, 4.69) is 5.32 Å². The first-order valence-electron chi connectivity index (χ1n) is 5.86. The van der Waals surface area contributed by atoms with Crippen molar-refractivity contribution in [1.29, 1.82) is 0 Å². The van der Waals surface area contributed by atoms with Gasteiger partial charge in [0.2, 0.25) is 0 Å². The Labute approximate surface area is 112 Å². The summed E-state index contributed by atoms with van der Waals surface area (Å²) in [5.41, 5.74) is 2.07. The van der Waals surface area contributed by atoms with Gasteiger partial charge in [-0.2, -0.15) is 0 Å². The van der Waals surface area contributed by atoms with E-state index in [0.717, 1.165) is 17.5 Å². The van der Waals surface area contributed by atoms with Gasteiger partial charge in [-0.15, -0.1) is 0 Å². The average molecular weight is 264 g/mol. The topological polar surface area (TPSA) is 12.0 Å². The summed E-state index contributed by atoms with van der Waals surface area (Å²) in [6.45, 7) is 0. The molecule has 0 aliphatic rings. The summed E-state index contributed by atoms with van der Waals surface area (Å²) in [6, 6.07) is 14.5. The molecule has 0 bridgehead atoms. The van der Waals surface area contributed by atoms with Crippen LogP contribution >= 0.6 is 11.6 Å². The zero-order valence-corrected chi connectivity index (χ0v) is 10.9. The van der Waals surface area contributed by atoms with Gasteiger partial charge in [-0.3, -0.25) is 0 Å². The molecule has 0 heterocycles. The molecule has 2 aromatic rings. The maximum Gasteiger partial charge on any atom is 0.123 e. The highest BCUT2D eigenvalue weighted by Crippen LogP contribution is 2.21. The summed E-state index contributed by atoms with van der Waals surface area (Å²) in [5, 5.41) is 3.95. The summed E-state index contributed by atoms with van der Waals surface area (Å²) < 4.78 is 13.1. The van der Waals surface area contributed by atoms with E-state index in [4.69, 9.17) is 11.6 Å². The van der Waals surface area contributed by atoms with E-state index in [0.29, 0.717) is 5.02 Å². The van der Waals surface area contributed by atoms with Gasteiger partial charge in [0.15, 0.2) is 0 Å². The first kappa shape index (κ1) is 13.1. The fourth-order valence-corrected chi connectivity index (χ4v) is 2.21. The molecule has 0 spiro atoms. The van der Waals surface area contributed by atoms with E-state index >= 15 is 0 Å². The van der Waals surface area contributed by atoms with Gasteiger partial charge in [0.25, 0.3) is 0 Å². The van der Waals surface area contributed by atoms with Crippen molar-refractivity contribution >= 4 is 11.6 Å². The second-order valence-electron chi connectivity index (χ2n) is 4.23. The number of hydrogen-bond donors (Lipinski definition) is 1. The number of hydrogen-bond acceptors (Lipinski definition) is 1. The zero-order valence-electron chi connectivity index (χ0n) is 10.2. The van der Waals surface area contributed by atoms with Crippen LogP contribution in [-0.4, -0.2) is 7.05 Å². The summed E-state index contributed by atoms with van der Waals surface area (Å²) in [6.07, 6.45) is 0.731. The molecular weight excluding hydrogens is 249 g/mol. The second-order valence-corrected chi connectivity index (χ2v) is 4.67. The third-order valence-electron chi connectivity index (χ3n) is 2.93. The van der Waals surface area contributed by atoms with E-state index in [1.54, 1.807) is 12.1 Å². The van der Waals surface area contributed by atoms with Crippen LogP contribution in [0.2, 0.25) is 5.02 Å². The lowest BCUT2D eigenvalue weighted by molar-refractivity contribution is 0.584. The quantitative estimate of drug-likeness (QED) is 0.880. The Hall–Kier alpha value is -1.38. The van der Waals surface area contributed by atoms with Gasteiger partial charge < -0.3 is 5.32 Å². The average Bonchev–Trinajstić information content (AvgIpc) is 2.36. The Morgan fingerprint density at radius 1 is 1.17 bits per heavy atom.